The van der Waals surface area contributed by atoms with Gasteiger partial charge in [-0.3, -0.25) is 4.79 Å². The molecule has 0 aliphatic carbocycles. The molecule has 13 heteroatoms. The first-order valence-electron chi connectivity index (χ1n) is 9.80. The highest BCUT2D eigenvalue weighted by Crippen LogP contribution is 2.33. The maximum absolute atomic E-state index is 14.8. The van der Waals surface area contributed by atoms with Gasteiger partial charge in [-0.15, -0.1) is 0 Å². The van der Waals surface area contributed by atoms with Gasteiger partial charge >= 0.3 is 12.6 Å². The summed E-state index contributed by atoms with van der Waals surface area (Å²) in [4.78, 5) is 25.8. The van der Waals surface area contributed by atoms with E-state index < -0.39 is 42.0 Å². The summed E-state index contributed by atoms with van der Waals surface area (Å²) in [7, 11) is 0. The van der Waals surface area contributed by atoms with E-state index in [0.717, 1.165) is 35.5 Å². The predicted octanol–water partition coefficient (Wildman–Crippen LogP) is 4.94. The van der Waals surface area contributed by atoms with Crippen molar-refractivity contribution in [2.24, 2.45) is 0 Å². The maximum Gasteiger partial charge on any atom is 0.333 e. The highest BCUT2D eigenvalue weighted by atomic mass is 35.5. The molecular formula is C21H15ClF5N5O2. The van der Waals surface area contributed by atoms with Crippen LogP contribution in [0.15, 0.2) is 42.7 Å². The topological polar surface area (TPSA) is 79.3 Å². The molecule has 1 saturated heterocycles. The number of nitrogens with one attached hydrogen (secondary N) is 2. The van der Waals surface area contributed by atoms with Crippen LogP contribution in [0.25, 0.3) is 11.1 Å². The monoisotopic (exact) mass is 499 g/mol. The van der Waals surface area contributed by atoms with Gasteiger partial charge < -0.3 is 15.5 Å². The smallest absolute Gasteiger partial charge is 0.326 e. The first-order chi connectivity index (χ1) is 16.2. The molecule has 0 bridgehead atoms. The Morgan fingerprint density at radius 3 is 2.59 bits per heavy atom. The van der Waals surface area contributed by atoms with Crippen molar-refractivity contribution in [3.05, 3.63) is 65.2 Å². The molecule has 0 unspecified atom stereocenters. The van der Waals surface area contributed by atoms with Crippen LogP contribution in [0.1, 0.15) is 13.0 Å². The summed E-state index contributed by atoms with van der Waals surface area (Å²) in [6.45, 7) is -2.97. The number of halogens is 6. The number of nitrogens with zero attached hydrogens (tertiary/aromatic N) is 3. The van der Waals surface area contributed by atoms with E-state index in [1.807, 2.05) is 0 Å². The molecule has 1 aromatic heterocycles. The number of urea groups is 1. The number of hydrogen-bond donors (Lipinski definition) is 2. The van der Waals surface area contributed by atoms with E-state index in [1.165, 1.54) is 12.1 Å². The number of amides is 3. The molecule has 178 valence electrons. The molecule has 1 fully saturated rings. The van der Waals surface area contributed by atoms with Crippen molar-refractivity contribution >= 4 is 34.9 Å². The van der Waals surface area contributed by atoms with Crippen LogP contribution in [0.3, 0.4) is 0 Å². The number of aromatic nitrogens is 2. The lowest BCUT2D eigenvalue weighted by molar-refractivity contribution is -0.118. The van der Waals surface area contributed by atoms with Gasteiger partial charge in [-0.05, 0) is 36.8 Å². The first kappa shape index (κ1) is 23.5. The van der Waals surface area contributed by atoms with E-state index in [-0.39, 0.29) is 40.5 Å². The third kappa shape index (κ3) is 4.53. The number of carbonyl (C=O) groups excluding carboxylic acids is 2. The average molecular weight is 500 g/mol. The van der Waals surface area contributed by atoms with E-state index in [4.69, 9.17) is 11.6 Å². The zero-order valence-electron chi connectivity index (χ0n) is 17.0. The van der Waals surface area contributed by atoms with Crippen LogP contribution in [-0.4, -0.2) is 34.3 Å². The van der Waals surface area contributed by atoms with Gasteiger partial charge in [0.15, 0.2) is 11.6 Å². The van der Waals surface area contributed by atoms with Crippen molar-refractivity contribution in [3.63, 3.8) is 0 Å². The van der Waals surface area contributed by atoms with Crippen LogP contribution in [0.4, 0.5) is 38.1 Å². The molecular weight excluding hydrogens is 485 g/mol. The second-order valence-corrected chi connectivity index (χ2v) is 7.74. The highest BCUT2D eigenvalue weighted by Gasteiger charge is 2.36. The zero-order valence-corrected chi connectivity index (χ0v) is 17.8. The number of benzene rings is 2. The molecule has 7 nitrogen and oxygen atoms in total. The summed E-state index contributed by atoms with van der Waals surface area (Å²) < 4.78 is 69.0. The minimum absolute atomic E-state index is 0.0297. The van der Waals surface area contributed by atoms with Crippen LogP contribution >= 0.6 is 11.6 Å². The molecule has 4 rings (SSSR count). The van der Waals surface area contributed by atoms with Crippen LogP contribution in [0, 0.1) is 17.5 Å². The third-order valence-electron chi connectivity index (χ3n) is 5.16. The Balaban J connectivity index is 1.47. The van der Waals surface area contributed by atoms with Crippen molar-refractivity contribution in [3.8, 4) is 11.1 Å². The first-order valence-corrected chi connectivity index (χ1v) is 10.2. The molecule has 0 spiro atoms. The average Bonchev–Trinajstić information content (AvgIpc) is 3.40. The summed E-state index contributed by atoms with van der Waals surface area (Å²) in [5.74, 6) is -4.18. The SMILES string of the molecule is O=C(Nc1ccc(Cl)cc1F)N[C@@H]1CCN(c2ccc(-c3cnn(C(F)F)c3)c(F)c2F)C1=O. The number of hydrogen-bond acceptors (Lipinski definition) is 3. The normalized spacial score (nSPS) is 15.8. The van der Waals surface area contributed by atoms with Crippen molar-refractivity contribution in [1.29, 1.82) is 0 Å². The van der Waals surface area contributed by atoms with Gasteiger partial charge in [0.05, 0.1) is 17.6 Å². The lowest BCUT2D eigenvalue weighted by Crippen LogP contribution is -2.43. The molecule has 2 heterocycles. The predicted molar refractivity (Wildman–Crippen MR) is 113 cm³/mol. The van der Waals surface area contributed by atoms with Gasteiger partial charge in [-0.2, -0.15) is 13.9 Å². The molecule has 34 heavy (non-hydrogen) atoms. The van der Waals surface area contributed by atoms with Crippen molar-refractivity contribution in [2.45, 2.75) is 19.0 Å². The van der Waals surface area contributed by atoms with Crippen LogP contribution in [0.5, 0.6) is 0 Å². The fourth-order valence-corrected chi connectivity index (χ4v) is 3.67. The van der Waals surface area contributed by atoms with E-state index in [1.54, 1.807) is 0 Å². The molecule has 0 saturated carbocycles. The maximum atomic E-state index is 14.8. The third-order valence-corrected chi connectivity index (χ3v) is 5.39. The fourth-order valence-electron chi connectivity index (χ4n) is 3.52. The standard InChI is InChI=1S/C21H15ClF5N5O2/c22-11-1-3-14(13(23)7-11)29-21(34)30-15-5-6-31(19(15)33)16-4-2-12(17(24)18(16)25)10-8-28-32(9-10)20(26)27/h1-4,7-9,15,20H,5-6H2,(H2,29,30,34)/t15-/m1/s1. The summed E-state index contributed by atoms with van der Waals surface area (Å²) >= 11 is 5.66. The Bertz CT molecular complexity index is 1270. The highest BCUT2D eigenvalue weighted by molar-refractivity contribution is 6.30. The summed E-state index contributed by atoms with van der Waals surface area (Å²) in [6.07, 6.45) is 1.91. The second kappa shape index (κ2) is 9.29. The molecule has 1 atom stereocenters. The Kier molecular flexibility index (Phi) is 6.42. The molecule has 2 aromatic carbocycles. The molecule has 3 aromatic rings. The minimum Gasteiger partial charge on any atom is -0.326 e. The van der Waals surface area contributed by atoms with Crippen molar-refractivity contribution in [1.82, 2.24) is 15.1 Å². The van der Waals surface area contributed by atoms with Crippen molar-refractivity contribution in [2.75, 3.05) is 16.8 Å². The Morgan fingerprint density at radius 2 is 1.91 bits per heavy atom. The quantitative estimate of drug-likeness (QED) is 0.488. The van der Waals surface area contributed by atoms with Gasteiger partial charge in [0, 0.05) is 28.9 Å². The Labute approximate surface area is 194 Å². The van der Waals surface area contributed by atoms with Gasteiger partial charge in [0.25, 0.3) is 0 Å². The van der Waals surface area contributed by atoms with E-state index in [9.17, 15) is 31.5 Å². The largest absolute Gasteiger partial charge is 0.333 e. The Hall–Kier alpha value is -3.67. The minimum atomic E-state index is -2.94. The molecule has 1 aliphatic rings. The summed E-state index contributed by atoms with van der Waals surface area (Å²) in [6, 6.07) is 3.94. The number of rotatable bonds is 5. The van der Waals surface area contributed by atoms with Gasteiger partial charge in [-0.25, -0.2) is 22.6 Å². The summed E-state index contributed by atoms with van der Waals surface area (Å²) in [5.41, 5.74) is -0.912. The Morgan fingerprint density at radius 1 is 1.15 bits per heavy atom. The zero-order chi connectivity index (χ0) is 24.6. The molecule has 2 N–H and O–H groups in total. The molecule has 1 aliphatic heterocycles. The van der Waals surface area contributed by atoms with Crippen molar-refractivity contribution < 1.29 is 31.5 Å². The number of alkyl halides is 2. The van der Waals surface area contributed by atoms with E-state index in [2.05, 4.69) is 15.7 Å². The lowest BCUT2D eigenvalue weighted by atomic mass is 10.1. The number of anilines is 2. The summed E-state index contributed by atoms with van der Waals surface area (Å²) in [5, 5.41) is 8.13. The van der Waals surface area contributed by atoms with Crippen LogP contribution in [0.2, 0.25) is 5.02 Å². The van der Waals surface area contributed by atoms with Crippen LogP contribution in [-0.2, 0) is 4.79 Å². The number of carbonyl (C=O) groups is 2. The van der Waals surface area contributed by atoms with Crippen LogP contribution < -0.4 is 15.5 Å². The second-order valence-electron chi connectivity index (χ2n) is 7.30. The van der Waals surface area contributed by atoms with E-state index in [0.29, 0.717) is 4.68 Å². The van der Waals surface area contributed by atoms with E-state index >= 15 is 0 Å². The van der Waals surface area contributed by atoms with Gasteiger partial charge in [-0.1, -0.05) is 11.6 Å². The van der Waals surface area contributed by atoms with Gasteiger partial charge in [0.1, 0.15) is 11.9 Å². The molecule has 3 amide bonds. The molecule has 0 radical (unpaired) electrons. The fraction of sp³-hybridized carbons (Fsp3) is 0.190. The van der Waals surface area contributed by atoms with Gasteiger partial charge in [0.2, 0.25) is 5.91 Å². The lowest BCUT2D eigenvalue weighted by Gasteiger charge is -2.19.